The highest BCUT2D eigenvalue weighted by Crippen LogP contribution is 2.26. The lowest BCUT2D eigenvalue weighted by Crippen LogP contribution is -2.12. The van der Waals surface area contributed by atoms with Gasteiger partial charge in [0.1, 0.15) is 0 Å². The van der Waals surface area contributed by atoms with Crippen LogP contribution in [0.15, 0.2) is 65.8 Å². The van der Waals surface area contributed by atoms with Crippen LogP contribution in [0, 0.1) is 6.92 Å². The fraction of sp³-hybridized carbons (Fsp3) is 0.0625. The van der Waals surface area contributed by atoms with Crippen molar-refractivity contribution in [3.63, 3.8) is 0 Å². The number of pyridine rings is 1. The predicted molar refractivity (Wildman–Crippen MR) is 85.1 cm³/mol. The Hall–Kier alpha value is -2.44. The third kappa shape index (κ3) is 2.66. The third-order valence-electron chi connectivity index (χ3n) is 3.48. The molecule has 112 valence electrons. The summed E-state index contributed by atoms with van der Waals surface area (Å²) in [6.45, 7) is 1.96. The van der Waals surface area contributed by atoms with Gasteiger partial charge in [0, 0.05) is 29.3 Å². The smallest absolute Gasteiger partial charge is 0.238 e. The van der Waals surface area contributed by atoms with Crippen molar-refractivity contribution in [2.24, 2.45) is 5.14 Å². The molecule has 3 aromatic rings. The molecule has 0 spiro atoms. The van der Waals surface area contributed by atoms with E-state index in [1.54, 1.807) is 18.3 Å². The molecule has 0 radical (unpaired) electrons. The number of rotatable bonds is 3. The van der Waals surface area contributed by atoms with E-state index in [2.05, 4.69) is 4.98 Å². The first-order valence-corrected chi connectivity index (χ1v) is 8.24. The molecule has 0 atom stereocenters. The second-order valence-corrected chi connectivity index (χ2v) is 6.50. The monoisotopic (exact) mass is 313 g/mol. The van der Waals surface area contributed by atoms with E-state index in [9.17, 15) is 8.42 Å². The van der Waals surface area contributed by atoms with Crippen LogP contribution in [0.25, 0.3) is 16.9 Å². The molecule has 0 aliphatic rings. The quantitative estimate of drug-likeness (QED) is 0.807. The van der Waals surface area contributed by atoms with Crippen LogP contribution in [0.5, 0.6) is 0 Å². The average molecular weight is 313 g/mol. The van der Waals surface area contributed by atoms with Gasteiger partial charge in [-0.05, 0) is 55.5 Å². The van der Waals surface area contributed by atoms with E-state index < -0.39 is 10.0 Å². The molecule has 6 heteroatoms. The molecule has 0 amide bonds. The maximum Gasteiger partial charge on any atom is 0.238 e. The van der Waals surface area contributed by atoms with Crippen LogP contribution in [0.4, 0.5) is 0 Å². The highest BCUT2D eigenvalue weighted by molar-refractivity contribution is 7.89. The highest BCUT2D eigenvalue weighted by atomic mass is 32.2. The number of nitrogens with two attached hydrogens (primary N) is 1. The van der Waals surface area contributed by atoms with Crippen LogP contribution < -0.4 is 5.14 Å². The minimum atomic E-state index is -3.68. The molecular weight excluding hydrogens is 298 g/mol. The molecule has 2 N–H and O–H groups in total. The van der Waals surface area contributed by atoms with E-state index in [0.717, 1.165) is 22.6 Å². The molecular formula is C16H15N3O2S. The first-order valence-electron chi connectivity index (χ1n) is 6.69. The Morgan fingerprint density at radius 3 is 2.41 bits per heavy atom. The van der Waals surface area contributed by atoms with Crippen LogP contribution in [0.2, 0.25) is 0 Å². The second-order valence-electron chi connectivity index (χ2n) is 4.94. The number of benzene rings is 1. The molecule has 1 aromatic carbocycles. The molecule has 0 aliphatic carbocycles. The van der Waals surface area contributed by atoms with Crippen LogP contribution in [-0.4, -0.2) is 18.0 Å². The van der Waals surface area contributed by atoms with Crippen molar-refractivity contribution in [3.8, 4) is 16.9 Å². The number of nitrogens with zero attached hydrogens (tertiary/aromatic N) is 2. The Labute approximate surface area is 129 Å². The van der Waals surface area contributed by atoms with Gasteiger partial charge in [-0.3, -0.25) is 4.98 Å². The SMILES string of the molecule is Cc1ncccc1-c1cccn1-c1ccc(S(N)(=O)=O)cc1. The van der Waals surface area contributed by atoms with Gasteiger partial charge in [-0.1, -0.05) is 0 Å². The zero-order valence-electron chi connectivity index (χ0n) is 12.0. The van der Waals surface area contributed by atoms with Crippen molar-refractivity contribution in [3.05, 3.63) is 66.6 Å². The van der Waals surface area contributed by atoms with Crippen LogP contribution in [0.1, 0.15) is 5.69 Å². The standard InChI is InChI=1S/C16H15N3O2S/c1-12-15(4-2-10-18-12)16-5-3-11-19(16)13-6-8-14(9-7-13)22(17,20)21/h2-11H,1H3,(H2,17,20,21). The summed E-state index contributed by atoms with van der Waals surface area (Å²) in [5.74, 6) is 0. The van der Waals surface area contributed by atoms with Gasteiger partial charge in [0.05, 0.1) is 10.6 Å². The molecule has 2 heterocycles. The molecule has 0 saturated heterocycles. The summed E-state index contributed by atoms with van der Waals surface area (Å²) in [4.78, 5) is 4.41. The lowest BCUT2D eigenvalue weighted by Gasteiger charge is -2.11. The number of hydrogen-bond donors (Lipinski definition) is 1. The Kier molecular flexibility index (Phi) is 3.56. The number of aromatic nitrogens is 2. The molecule has 2 aromatic heterocycles. The number of primary sulfonamides is 1. The van der Waals surface area contributed by atoms with Crippen molar-refractivity contribution in [2.45, 2.75) is 11.8 Å². The van der Waals surface area contributed by atoms with E-state index in [0.29, 0.717) is 0 Å². The predicted octanol–water partition coefficient (Wildman–Crippen LogP) is 2.50. The van der Waals surface area contributed by atoms with Crippen molar-refractivity contribution in [1.82, 2.24) is 9.55 Å². The van der Waals surface area contributed by atoms with Gasteiger partial charge in [0.25, 0.3) is 0 Å². The van der Waals surface area contributed by atoms with Gasteiger partial charge >= 0.3 is 0 Å². The van der Waals surface area contributed by atoms with E-state index >= 15 is 0 Å². The molecule has 3 rings (SSSR count). The molecule has 22 heavy (non-hydrogen) atoms. The summed E-state index contributed by atoms with van der Waals surface area (Å²) in [5.41, 5.74) is 3.82. The van der Waals surface area contributed by atoms with Crippen molar-refractivity contribution < 1.29 is 8.42 Å². The zero-order valence-corrected chi connectivity index (χ0v) is 12.8. The van der Waals surface area contributed by atoms with Gasteiger partial charge in [0.15, 0.2) is 0 Å². The Morgan fingerprint density at radius 2 is 1.77 bits per heavy atom. The number of sulfonamides is 1. The fourth-order valence-corrected chi connectivity index (χ4v) is 2.89. The second kappa shape index (κ2) is 5.40. The summed E-state index contributed by atoms with van der Waals surface area (Å²) < 4.78 is 24.6. The Morgan fingerprint density at radius 1 is 1.05 bits per heavy atom. The molecule has 0 bridgehead atoms. The third-order valence-corrected chi connectivity index (χ3v) is 4.40. The summed E-state index contributed by atoms with van der Waals surface area (Å²) in [7, 11) is -3.68. The number of hydrogen-bond acceptors (Lipinski definition) is 3. The summed E-state index contributed by atoms with van der Waals surface area (Å²) in [6, 6.07) is 14.3. The topological polar surface area (TPSA) is 78.0 Å². The Bertz CT molecular complexity index is 913. The van der Waals surface area contributed by atoms with Crippen molar-refractivity contribution in [1.29, 1.82) is 0 Å². The first kappa shape index (κ1) is 14.5. The minimum absolute atomic E-state index is 0.0996. The van der Waals surface area contributed by atoms with Crippen LogP contribution in [-0.2, 0) is 10.0 Å². The van der Waals surface area contributed by atoms with Gasteiger partial charge in [-0.15, -0.1) is 0 Å². The zero-order chi connectivity index (χ0) is 15.7. The average Bonchev–Trinajstić information content (AvgIpc) is 2.96. The summed E-state index contributed by atoms with van der Waals surface area (Å²) in [5, 5.41) is 5.12. The largest absolute Gasteiger partial charge is 0.317 e. The van der Waals surface area contributed by atoms with Gasteiger partial charge < -0.3 is 4.57 Å². The lowest BCUT2D eigenvalue weighted by atomic mass is 10.1. The van der Waals surface area contributed by atoms with E-state index in [4.69, 9.17) is 5.14 Å². The van der Waals surface area contributed by atoms with Crippen molar-refractivity contribution in [2.75, 3.05) is 0 Å². The van der Waals surface area contributed by atoms with Gasteiger partial charge in [-0.25, -0.2) is 13.6 Å². The molecule has 0 unspecified atom stereocenters. The lowest BCUT2D eigenvalue weighted by molar-refractivity contribution is 0.598. The van der Waals surface area contributed by atoms with Gasteiger partial charge in [-0.2, -0.15) is 0 Å². The normalized spacial score (nSPS) is 11.5. The van der Waals surface area contributed by atoms with E-state index in [1.165, 1.54) is 12.1 Å². The maximum absolute atomic E-state index is 11.3. The van der Waals surface area contributed by atoms with Gasteiger partial charge in [0.2, 0.25) is 10.0 Å². The number of aryl methyl sites for hydroxylation is 1. The Balaban J connectivity index is 2.08. The first-order chi connectivity index (χ1) is 10.5. The molecule has 5 nitrogen and oxygen atoms in total. The summed E-state index contributed by atoms with van der Waals surface area (Å²) >= 11 is 0. The van der Waals surface area contributed by atoms with E-state index in [-0.39, 0.29) is 4.90 Å². The van der Waals surface area contributed by atoms with Crippen molar-refractivity contribution >= 4 is 10.0 Å². The minimum Gasteiger partial charge on any atom is -0.317 e. The summed E-state index contributed by atoms with van der Waals surface area (Å²) in [6.07, 6.45) is 3.68. The molecule has 0 fully saturated rings. The fourth-order valence-electron chi connectivity index (χ4n) is 2.38. The molecule has 0 saturated carbocycles. The molecule has 0 aliphatic heterocycles. The maximum atomic E-state index is 11.3. The van der Waals surface area contributed by atoms with Crippen LogP contribution in [0.3, 0.4) is 0 Å². The van der Waals surface area contributed by atoms with E-state index in [1.807, 2.05) is 42.0 Å². The van der Waals surface area contributed by atoms with Crippen LogP contribution >= 0.6 is 0 Å². The highest BCUT2D eigenvalue weighted by Gasteiger charge is 2.11.